The first-order valence-electron chi connectivity index (χ1n) is 8.04. The maximum absolute atomic E-state index is 2.44. The van der Waals surface area contributed by atoms with Gasteiger partial charge in [-0.3, -0.25) is 0 Å². The van der Waals surface area contributed by atoms with Crippen molar-refractivity contribution in [3.63, 3.8) is 0 Å². The van der Waals surface area contributed by atoms with Crippen LogP contribution in [-0.4, -0.2) is 0 Å². The molecule has 108 valence electrons. The van der Waals surface area contributed by atoms with E-state index in [1.807, 2.05) is 0 Å². The monoisotopic (exact) mass is 276 g/mol. The molecule has 0 saturated heterocycles. The third kappa shape index (κ3) is 3.10. The highest BCUT2D eigenvalue weighted by molar-refractivity contribution is 5.39. The van der Waals surface area contributed by atoms with E-state index in [4.69, 9.17) is 0 Å². The van der Waals surface area contributed by atoms with Crippen molar-refractivity contribution >= 4 is 0 Å². The molecular formula is C21H24. The van der Waals surface area contributed by atoms with Gasteiger partial charge in [0.1, 0.15) is 0 Å². The van der Waals surface area contributed by atoms with Crippen LogP contribution in [-0.2, 0) is 12.8 Å². The molecule has 0 aromatic heterocycles. The molecule has 0 heteroatoms. The topological polar surface area (TPSA) is 0 Å². The first kappa shape index (κ1) is 14.1. The molecular weight excluding hydrogens is 252 g/mol. The minimum absolute atomic E-state index is 0.551. The van der Waals surface area contributed by atoms with Crippen molar-refractivity contribution in [2.75, 3.05) is 0 Å². The van der Waals surface area contributed by atoms with Crippen LogP contribution >= 0.6 is 0 Å². The third-order valence-electron chi connectivity index (χ3n) is 4.73. The van der Waals surface area contributed by atoms with Gasteiger partial charge in [-0.25, -0.2) is 0 Å². The van der Waals surface area contributed by atoms with Crippen LogP contribution < -0.4 is 0 Å². The number of hydrogen-bond donors (Lipinski definition) is 0. The van der Waals surface area contributed by atoms with Crippen molar-refractivity contribution in [3.05, 3.63) is 83.4 Å². The Kier molecular flexibility index (Phi) is 4.24. The Morgan fingerprint density at radius 1 is 0.952 bits per heavy atom. The van der Waals surface area contributed by atoms with E-state index < -0.39 is 0 Å². The van der Waals surface area contributed by atoms with Crippen molar-refractivity contribution in [2.45, 2.75) is 32.6 Å². The predicted molar refractivity (Wildman–Crippen MR) is 90.5 cm³/mol. The summed E-state index contributed by atoms with van der Waals surface area (Å²) in [5.74, 6) is 1.88. The summed E-state index contributed by atoms with van der Waals surface area (Å²) >= 11 is 0. The fourth-order valence-corrected chi connectivity index (χ4v) is 3.53. The van der Waals surface area contributed by atoms with E-state index in [-0.39, 0.29) is 0 Å². The second-order valence-electron chi connectivity index (χ2n) is 6.45. The highest BCUT2D eigenvalue weighted by Gasteiger charge is 2.27. The van der Waals surface area contributed by atoms with Crippen molar-refractivity contribution in [3.8, 4) is 0 Å². The van der Waals surface area contributed by atoms with Crippen LogP contribution in [0.15, 0.2) is 66.7 Å². The minimum Gasteiger partial charge on any atom is -0.0835 e. The van der Waals surface area contributed by atoms with Crippen LogP contribution in [0.5, 0.6) is 0 Å². The van der Waals surface area contributed by atoms with Gasteiger partial charge >= 0.3 is 0 Å². The molecule has 2 unspecified atom stereocenters. The van der Waals surface area contributed by atoms with Gasteiger partial charge in [0.25, 0.3) is 0 Å². The second-order valence-corrected chi connectivity index (χ2v) is 6.45. The van der Waals surface area contributed by atoms with Gasteiger partial charge in [-0.15, -0.1) is 0 Å². The smallest absolute Gasteiger partial charge is 0.00548 e. The summed E-state index contributed by atoms with van der Waals surface area (Å²) in [6.07, 6.45) is 7.04. The Balaban J connectivity index is 1.91. The fourth-order valence-electron chi connectivity index (χ4n) is 3.53. The Morgan fingerprint density at radius 3 is 2.43 bits per heavy atom. The van der Waals surface area contributed by atoms with E-state index in [9.17, 15) is 0 Å². The Hall–Kier alpha value is -1.82. The average molecular weight is 276 g/mol. The van der Waals surface area contributed by atoms with Crippen LogP contribution in [0.3, 0.4) is 0 Å². The molecule has 2 aromatic rings. The van der Waals surface area contributed by atoms with Crippen LogP contribution in [0.4, 0.5) is 0 Å². The zero-order valence-electron chi connectivity index (χ0n) is 13.0. The summed E-state index contributed by atoms with van der Waals surface area (Å²) in [7, 11) is 0. The molecule has 1 aliphatic carbocycles. The van der Waals surface area contributed by atoms with Gasteiger partial charge in [0.15, 0.2) is 0 Å². The molecule has 0 nitrogen and oxygen atoms in total. The lowest BCUT2D eigenvalue weighted by Gasteiger charge is -2.32. The molecule has 0 fully saturated rings. The molecule has 0 amide bonds. The SMILES string of the molecule is CC(C)C(Cc1ccccc1)C1C=CCc2ccccc21. The van der Waals surface area contributed by atoms with Crippen LogP contribution in [0.25, 0.3) is 0 Å². The summed E-state index contributed by atoms with van der Waals surface area (Å²) in [5.41, 5.74) is 4.49. The van der Waals surface area contributed by atoms with Gasteiger partial charge in [-0.05, 0) is 41.4 Å². The Labute approximate surface area is 128 Å². The number of fused-ring (bicyclic) bond motifs is 1. The van der Waals surface area contributed by atoms with Crippen molar-refractivity contribution in [2.24, 2.45) is 11.8 Å². The van der Waals surface area contributed by atoms with Gasteiger partial charge in [0.05, 0.1) is 0 Å². The maximum Gasteiger partial charge on any atom is 0.00548 e. The molecule has 0 radical (unpaired) electrons. The largest absolute Gasteiger partial charge is 0.0835 e. The van der Waals surface area contributed by atoms with E-state index in [1.165, 1.54) is 16.7 Å². The van der Waals surface area contributed by atoms with E-state index in [1.54, 1.807) is 0 Å². The third-order valence-corrected chi connectivity index (χ3v) is 4.73. The summed E-state index contributed by atoms with van der Waals surface area (Å²) in [4.78, 5) is 0. The van der Waals surface area contributed by atoms with Crippen LogP contribution in [0.2, 0.25) is 0 Å². The number of rotatable bonds is 4. The van der Waals surface area contributed by atoms with E-state index in [0.29, 0.717) is 17.8 Å². The lowest BCUT2D eigenvalue weighted by atomic mass is 9.72. The highest BCUT2D eigenvalue weighted by atomic mass is 14.3. The molecule has 0 bridgehead atoms. The molecule has 3 rings (SSSR count). The molecule has 1 aliphatic rings. The first-order valence-corrected chi connectivity index (χ1v) is 8.04. The Morgan fingerprint density at radius 2 is 1.67 bits per heavy atom. The number of allylic oxidation sites excluding steroid dienone is 2. The lowest BCUT2D eigenvalue weighted by molar-refractivity contribution is 0.346. The molecule has 2 atom stereocenters. The van der Waals surface area contributed by atoms with Crippen LogP contribution in [0.1, 0.15) is 36.5 Å². The number of benzene rings is 2. The van der Waals surface area contributed by atoms with Gasteiger partial charge in [0.2, 0.25) is 0 Å². The van der Waals surface area contributed by atoms with Gasteiger partial charge < -0.3 is 0 Å². The zero-order valence-corrected chi connectivity index (χ0v) is 13.0. The molecule has 0 aliphatic heterocycles. The summed E-state index contributed by atoms with van der Waals surface area (Å²) in [6, 6.07) is 19.9. The summed E-state index contributed by atoms with van der Waals surface area (Å²) in [5, 5.41) is 0. The molecule has 0 N–H and O–H groups in total. The van der Waals surface area contributed by atoms with Gasteiger partial charge in [-0.1, -0.05) is 80.6 Å². The lowest BCUT2D eigenvalue weighted by Crippen LogP contribution is -2.22. The van der Waals surface area contributed by atoms with E-state index >= 15 is 0 Å². The van der Waals surface area contributed by atoms with Gasteiger partial charge in [-0.2, -0.15) is 0 Å². The Bertz CT molecular complexity index is 607. The zero-order chi connectivity index (χ0) is 14.7. The predicted octanol–water partition coefficient (Wildman–Crippen LogP) is 5.40. The molecule has 0 saturated carbocycles. The first-order chi connectivity index (χ1) is 10.3. The number of hydrogen-bond acceptors (Lipinski definition) is 0. The molecule has 0 spiro atoms. The maximum atomic E-state index is 2.44. The standard InChI is InChI=1S/C21H24/c1-16(2)21(15-17-9-4-3-5-10-17)20-14-8-12-18-11-6-7-13-19(18)20/h3-11,13-14,16,20-21H,12,15H2,1-2H3. The fraction of sp³-hybridized carbons (Fsp3) is 0.333. The molecule has 2 aromatic carbocycles. The quantitative estimate of drug-likeness (QED) is 0.656. The molecule has 21 heavy (non-hydrogen) atoms. The second kappa shape index (κ2) is 6.30. The van der Waals surface area contributed by atoms with E-state index in [2.05, 4.69) is 80.6 Å². The minimum atomic E-state index is 0.551. The van der Waals surface area contributed by atoms with E-state index in [0.717, 1.165) is 12.8 Å². The van der Waals surface area contributed by atoms with Gasteiger partial charge in [0, 0.05) is 5.92 Å². The van der Waals surface area contributed by atoms with Crippen molar-refractivity contribution < 1.29 is 0 Å². The average Bonchev–Trinajstić information content (AvgIpc) is 2.53. The molecule has 0 heterocycles. The normalized spacial score (nSPS) is 18.5. The highest BCUT2D eigenvalue weighted by Crippen LogP contribution is 2.38. The van der Waals surface area contributed by atoms with Crippen molar-refractivity contribution in [1.82, 2.24) is 0 Å². The van der Waals surface area contributed by atoms with Crippen LogP contribution in [0, 0.1) is 11.8 Å². The summed E-state index contributed by atoms with van der Waals surface area (Å²) < 4.78 is 0. The summed E-state index contributed by atoms with van der Waals surface area (Å²) in [6.45, 7) is 4.72. The van der Waals surface area contributed by atoms with Crippen molar-refractivity contribution in [1.29, 1.82) is 0 Å².